The van der Waals surface area contributed by atoms with Gasteiger partial charge in [-0.05, 0) is 97.7 Å². The number of aliphatic hydroxyl groups is 2. The van der Waals surface area contributed by atoms with Crippen LogP contribution < -0.4 is 0 Å². The van der Waals surface area contributed by atoms with Gasteiger partial charge in [-0.3, -0.25) is 4.79 Å². The number of carboxylic acids is 1. The number of hydrogen-bond acceptors (Lipinski definition) is 4. The van der Waals surface area contributed by atoms with Gasteiger partial charge >= 0.3 is 5.97 Å². The van der Waals surface area contributed by atoms with Gasteiger partial charge in [0.2, 0.25) is 0 Å². The van der Waals surface area contributed by atoms with Gasteiger partial charge in [0.1, 0.15) is 11.7 Å². The largest absolute Gasteiger partial charge is 0.481 e. The molecule has 190 valence electrons. The highest BCUT2D eigenvalue weighted by Gasteiger charge is 2.68. The second kappa shape index (κ2) is 7.41. The summed E-state index contributed by atoms with van der Waals surface area (Å²) in [7, 11) is 0. The van der Waals surface area contributed by atoms with Crippen molar-refractivity contribution in [1.29, 1.82) is 0 Å². The van der Waals surface area contributed by atoms with E-state index in [1.54, 1.807) is 0 Å². The molecule has 0 radical (unpaired) electrons. The fourth-order valence-electron chi connectivity index (χ4n) is 10.2. The van der Waals surface area contributed by atoms with Crippen molar-refractivity contribution in [3.63, 3.8) is 0 Å². The number of aliphatic hydroxyl groups excluding tert-OH is 2. The Balaban J connectivity index is 1.58. The van der Waals surface area contributed by atoms with E-state index in [2.05, 4.69) is 33.8 Å². The van der Waals surface area contributed by atoms with E-state index in [0.717, 1.165) is 44.8 Å². The maximum Gasteiger partial charge on any atom is 0.312 e. The highest BCUT2D eigenvalue weighted by atomic mass is 16.4. The normalized spacial score (nSPS) is 53.9. The molecule has 34 heavy (non-hydrogen) atoms. The Kier molecular flexibility index (Phi) is 5.34. The molecule has 5 aliphatic rings. The lowest BCUT2D eigenvalue weighted by Crippen LogP contribution is -2.65. The number of carboxylic acid groups (broad SMARTS) is 1. The number of aldehydes is 1. The van der Waals surface area contributed by atoms with Crippen molar-refractivity contribution < 1.29 is 24.9 Å². The third-order valence-corrected chi connectivity index (χ3v) is 12.3. The lowest BCUT2D eigenvalue weighted by Gasteiger charge is -2.68. The molecular weight excluding hydrogens is 428 g/mol. The van der Waals surface area contributed by atoms with E-state index >= 15 is 0 Å². The molecule has 0 aromatic heterocycles. The molecule has 0 aromatic carbocycles. The van der Waals surface area contributed by atoms with Crippen molar-refractivity contribution in [2.45, 2.75) is 105 Å². The first-order chi connectivity index (χ1) is 15.8. The number of carbonyl (C=O) groups excluding carboxylic acids is 1. The third-order valence-electron chi connectivity index (χ3n) is 12.3. The minimum absolute atomic E-state index is 0.0331. The molecule has 5 heteroatoms. The summed E-state index contributed by atoms with van der Waals surface area (Å²) in [5.41, 5.74) is -0.492. The Bertz CT molecular complexity index is 923. The van der Waals surface area contributed by atoms with Gasteiger partial charge in [-0.15, -0.1) is 0 Å². The molecule has 4 saturated carbocycles. The molecule has 0 aliphatic heterocycles. The molecular formula is C29H44O5. The molecule has 0 spiro atoms. The Hall–Kier alpha value is -1.20. The number of fused-ring (bicyclic) bond motifs is 7. The summed E-state index contributed by atoms with van der Waals surface area (Å²) in [4.78, 5) is 25.0. The van der Waals surface area contributed by atoms with Crippen LogP contribution in [-0.2, 0) is 9.59 Å². The first-order valence-corrected chi connectivity index (χ1v) is 13.5. The van der Waals surface area contributed by atoms with E-state index in [0.29, 0.717) is 25.2 Å². The van der Waals surface area contributed by atoms with Gasteiger partial charge in [-0.1, -0.05) is 46.3 Å². The van der Waals surface area contributed by atoms with Gasteiger partial charge < -0.3 is 20.1 Å². The zero-order valence-corrected chi connectivity index (χ0v) is 21.6. The van der Waals surface area contributed by atoms with Gasteiger partial charge in [-0.2, -0.15) is 0 Å². The highest BCUT2D eigenvalue weighted by Crippen LogP contribution is 2.71. The van der Waals surface area contributed by atoms with Crippen molar-refractivity contribution in [3.8, 4) is 0 Å². The number of hydrogen-bond donors (Lipinski definition) is 3. The van der Waals surface area contributed by atoms with Gasteiger partial charge in [0.25, 0.3) is 0 Å². The molecule has 5 nitrogen and oxygen atoms in total. The maximum absolute atomic E-state index is 12.7. The highest BCUT2D eigenvalue weighted by molar-refractivity contribution is 5.77. The Morgan fingerprint density at radius 1 is 0.912 bits per heavy atom. The summed E-state index contributed by atoms with van der Waals surface area (Å²) in [6, 6.07) is 0. The predicted octanol–water partition coefficient (Wildman–Crippen LogP) is 4.99. The first-order valence-electron chi connectivity index (χ1n) is 13.5. The quantitative estimate of drug-likeness (QED) is 0.389. The van der Waals surface area contributed by atoms with E-state index in [1.807, 2.05) is 6.92 Å². The van der Waals surface area contributed by atoms with Crippen molar-refractivity contribution in [3.05, 3.63) is 11.6 Å². The monoisotopic (exact) mass is 472 g/mol. The zero-order valence-electron chi connectivity index (χ0n) is 21.6. The van der Waals surface area contributed by atoms with E-state index in [-0.39, 0.29) is 34.0 Å². The van der Waals surface area contributed by atoms with E-state index in [1.165, 1.54) is 5.57 Å². The van der Waals surface area contributed by atoms with Crippen LogP contribution in [-0.4, -0.2) is 39.8 Å². The molecule has 4 unspecified atom stereocenters. The number of allylic oxidation sites excluding steroid dienone is 2. The number of rotatable bonds is 2. The van der Waals surface area contributed by atoms with Crippen LogP contribution in [0.15, 0.2) is 11.6 Å². The van der Waals surface area contributed by atoms with Crippen LogP contribution in [0, 0.1) is 50.7 Å². The summed E-state index contributed by atoms with van der Waals surface area (Å²) in [5, 5.41) is 32.7. The van der Waals surface area contributed by atoms with Crippen LogP contribution in [0.25, 0.3) is 0 Å². The van der Waals surface area contributed by atoms with Gasteiger partial charge in [-0.25, -0.2) is 0 Å². The van der Waals surface area contributed by atoms with Gasteiger partial charge in [0, 0.05) is 0 Å². The van der Waals surface area contributed by atoms with Crippen molar-refractivity contribution in [2.75, 3.05) is 0 Å². The lowest BCUT2D eigenvalue weighted by atomic mass is 9.36. The first kappa shape index (κ1) is 24.5. The van der Waals surface area contributed by atoms with Crippen molar-refractivity contribution >= 4 is 12.3 Å². The average molecular weight is 473 g/mol. The second-order valence-electron chi connectivity index (χ2n) is 14.2. The molecule has 0 amide bonds. The van der Waals surface area contributed by atoms with Crippen molar-refractivity contribution in [2.24, 2.45) is 50.7 Å². The maximum atomic E-state index is 12.7. The number of carbonyl (C=O) groups is 2. The Morgan fingerprint density at radius 3 is 2.24 bits per heavy atom. The minimum Gasteiger partial charge on any atom is -0.481 e. The van der Waals surface area contributed by atoms with Gasteiger partial charge in [0.15, 0.2) is 0 Å². The predicted molar refractivity (Wildman–Crippen MR) is 130 cm³/mol. The Morgan fingerprint density at radius 2 is 1.59 bits per heavy atom. The van der Waals surface area contributed by atoms with E-state index in [4.69, 9.17) is 0 Å². The van der Waals surface area contributed by atoms with E-state index in [9.17, 15) is 24.9 Å². The zero-order chi connectivity index (χ0) is 24.9. The summed E-state index contributed by atoms with van der Waals surface area (Å²) in [5.74, 6) is -0.250. The lowest BCUT2D eigenvalue weighted by molar-refractivity contribution is -0.199. The van der Waals surface area contributed by atoms with Crippen LogP contribution in [0.3, 0.4) is 0 Å². The van der Waals surface area contributed by atoms with Gasteiger partial charge in [0.05, 0.1) is 17.6 Å². The molecule has 0 bridgehead atoms. The van der Waals surface area contributed by atoms with Crippen LogP contribution in [0.5, 0.6) is 0 Å². The molecule has 0 heterocycles. The second-order valence-corrected chi connectivity index (χ2v) is 14.2. The number of aliphatic carboxylic acids is 1. The topological polar surface area (TPSA) is 94.8 Å². The molecule has 4 fully saturated rings. The summed E-state index contributed by atoms with van der Waals surface area (Å²) < 4.78 is 0. The standard InChI is InChI=1S/C29H44O5/c1-25(2)12-13-29(24(33)34)19(15-25)17-6-7-20-26(3,18(17)14-23(29)32)10-8-21-27(20,4)11-9-22(31)28(21,5)16-30/h6,16,18-23,31-32H,7-15H2,1-5H3,(H,33,34)/t18-,19?,20?,21-,22+,23?,26-,27?,28-,29-/m1/s1. The molecule has 5 aliphatic carbocycles. The van der Waals surface area contributed by atoms with Crippen molar-refractivity contribution in [1.82, 2.24) is 0 Å². The summed E-state index contributed by atoms with van der Waals surface area (Å²) in [6.07, 6.45) is 9.00. The minimum atomic E-state index is -1.06. The average Bonchev–Trinajstić information content (AvgIpc) is 2.76. The molecule has 0 saturated heterocycles. The SMILES string of the molecule is CC1(C)CC[C@]2(C(=O)O)C(O)C[C@@H]3C(=CCC4C5(C)CC[C@H](O)[C@](C)(C=O)[C@@H]5CC[C@@]43C)C2C1. The Labute approximate surface area is 204 Å². The summed E-state index contributed by atoms with van der Waals surface area (Å²) in [6.45, 7) is 11.2. The molecule has 3 N–H and O–H groups in total. The fraction of sp³-hybridized carbons (Fsp3) is 0.862. The van der Waals surface area contributed by atoms with Crippen LogP contribution in [0.1, 0.15) is 92.4 Å². The third kappa shape index (κ3) is 2.92. The van der Waals surface area contributed by atoms with Crippen LogP contribution in [0.2, 0.25) is 0 Å². The molecule has 10 atom stereocenters. The fourth-order valence-corrected chi connectivity index (χ4v) is 10.2. The molecule has 0 aromatic rings. The molecule has 5 rings (SSSR count). The van der Waals surface area contributed by atoms with Crippen LogP contribution in [0.4, 0.5) is 0 Å². The summed E-state index contributed by atoms with van der Waals surface area (Å²) >= 11 is 0. The smallest absolute Gasteiger partial charge is 0.312 e. The van der Waals surface area contributed by atoms with E-state index < -0.39 is 29.0 Å². The van der Waals surface area contributed by atoms with Crippen LogP contribution >= 0.6 is 0 Å².